The molecule has 0 atom stereocenters. The van der Waals surface area contributed by atoms with Crippen LogP contribution in [0.5, 0.6) is 0 Å². The van der Waals surface area contributed by atoms with Gasteiger partial charge in [0.2, 0.25) is 0 Å². The minimum absolute atomic E-state index is 0.0740. The van der Waals surface area contributed by atoms with Crippen LogP contribution in [0.2, 0.25) is 10.0 Å². The van der Waals surface area contributed by atoms with Crippen LogP contribution in [0.15, 0.2) is 36.4 Å². The molecule has 1 heterocycles. The van der Waals surface area contributed by atoms with Crippen molar-refractivity contribution in [3.05, 3.63) is 68.7 Å². The largest absolute Gasteiger partial charge is 0.348 e. The number of halogens is 2. The number of nitrogens with zero attached hydrogens (tertiary/aromatic N) is 1. The third-order valence-electron chi connectivity index (χ3n) is 4.70. The summed E-state index contributed by atoms with van der Waals surface area (Å²) in [5, 5.41) is 3.76. The zero-order valence-corrected chi connectivity index (χ0v) is 16.9. The first-order valence-electron chi connectivity index (χ1n) is 9.00. The van der Waals surface area contributed by atoms with Gasteiger partial charge in [-0.15, -0.1) is 0 Å². The highest BCUT2D eigenvalue weighted by atomic mass is 35.5. The number of carbonyl (C=O) groups excluding carboxylic acids is 2. The lowest BCUT2D eigenvalue weighted by Crippen LogP contribution is -2.33. The Morgan fingerprint density at radius 1 is 1.19 bits per heavy atom. The highest BCUT2D eigenvalue weighted by molar-refractivity contribution is 6.42. The maximum Gasteiger partial charge on any atom is 0.254 e. The van der Waals surface area contributed by atoms with Gasteiger partial charge in [0.1, 0.15) is 0 Å². The first-order chi connectivity index (χ1) is 12.9. The van der Waals surface area contributed by atoms with E-state index in [1.165, 1.54) is 0 Å². The van der Waals surface area contributed by atoms with Gasteiger partial charge in [0.25, 0.3) is 11.8 Å². The Morgan fingerprint density at radius 2 is 1.96 bits per heavy atom. The predicted molar refractivity (Wildman–Crippen MR) is 108 cm³/mol. The molecule has 0 radical (unpaired) electrons. The summed E-state index contributed by atoms with van der Waals surface area (Å²) in [6.45, 7) is 5.71. The number of rotatable bonds is 6. The molecule has 0 unspecified atom stereocenters. The molecule has 27 heavy (non-hydrogen) atoms. The van der Waals surface area contributed by atoms with Gasteiger partial charge in [0.05, 0.1) is 10.0 Å². The number of nitrogens with one attached hydrogen (secondary N) is 1. The Morgan fingerprint density at radius 3 is 2.67 bits per heavy atom. The van der Waals surface area contributed by atoms with E-state index in [9.17, 15) is 9.59 Å². The van der Waals surface area contributed by atoms with E-state index in [0.717, 1.165) is 17.5 Å². The van der Waals surface area contributed by atoms with Crippen LogP contribution >= 0.6 is 23.2 Å². The second-order valence-corrected chi connectivity index (χ2v) is 7.99. The number of benzene rings is 2. The Balaban J connectivity index is 1.89. The maximum atomic E-state index is 13.3. The third-order valence-corrected chi connectivity index (χ3v) is 5.44. The van der Waals surface area contributed by atoms with E-state index in [0.29, 0.717) is 46.7 Å². The van der Waals surface area contributed by atoms with Crippen LogP contribution < -0.4 is 5.32 Å². The molecule has 0 bridgehead atoms. The molecule has 2 aromatic rings. The Hall–Kier alpha value is -2.04. The highest BCUT2D eigenvalue weighted by Gasteiger charge is 2.26. The summed E-state index contributed by atoms with van der Waals surface area (Å²) >= 11 is 12.1. The molecule has 142 valence electrons. The van der Waals surface area contributed by atoms with Crippen molar-refractivity contribution >= 4 is 35.0 Å². The van der Waals surface area contributed by atoms with Crippen molar-refractivity contribution < 1.29 is 9.59 Å². The Kier molecular flexibility index (Phi) is 6.08. The van der Waals surface area contributed by atoms with Crippen molar-refractivity contribution in [3.8, 4) is 0 Å². The molecule has 4 nitrogen and oxygen atoms in total. The monoisotopic (exact) mass is 404 g/mol. The molecule has 0 fully saturated rings. The van der Waals surface area contributed by atoms with Gasteiger partial charge in [-0.05, 0) is 47.7 Å². The smallest absolute Gasteiger partial charge is 0.254 e. The molecule has 1 aliphatic rings. The number of fused-ring (bicyclic) bond motifs is 1. The highest BCUT2D eigenvalue weighted by Crippen LogP contribution is 2.25. The van der Waals surface area contributed by atoms with Crippen LogP contribution in [0.25, 0.3) is 0 Å². The van der Waals surface area contributed by atoms with E-state index in [1.54, 1.807) is 30.3 Å². The van der Waals surface area contributed by atoms with Crippen LogP contribution in [-0.2, 0) is 13.1 Å². The van der Waals surface area contributed by atoms with Gasteiger partial charge in [0, 0.05) is 30.8 Å². The van der Waals surface area contributed by atoms with Crippen LogP contribution in [0.3, 0.4) is 0 Å². The standard InChI is InChI=1S/C21H22Cl2N2O2/c1-13(2)8-9-25(12-14-6-7-18(22)19(23)10-14)21(27)16-5-3-4-15-17(16)11-24-20(15)26/h3-7,10,13H,8-9,11-12H2,1-2H3,(H,24,26). The molecule has 0 spiro atoms. The van der Waals surface area contributed by atoms with Gasteiger partial charge in [-0.25, -0.2) is 0 Å². The summed E-state index contributed by atoms with van der Waals surface area (Å²) in [7, 11) is 0. The Bertz CT molecular complexity index is 880. The van der Waals surface area contributed by atoms with Crippen LogP contribution in [0.4, 0.5) is 0 Å². The molecular weight excluding hydrogens is 383 g/mol. The minimum atomic E-state index is -0.127. The quantitative estimate of drug-likeness (QED) is 0.741. The molecule has 0 saturated carbocycles. The van der Waals surface area contributed by atoms with Crippen molar-refractivity contribution in [2.75, 3.05) is 6.54 Å². The zero-order valence-electron chi connectivity index (χ0n) is 15.4. The van der Waals surface area contributed by atoms with E-state index < -0.39 is 0 Å². The molecule has 0 saturated heterocycles. The lowest BCUT2D eigenvalue weighted by Gasteiger charge is -2.25. The van der Waals surface area contributed by atoms with E-state index in [1.807, 2.05) is 11.0 Å². The summed E-state index contributed by atoms with van der Waals surface area (Å²) in [4.78, 5) is 27.0. The number of amides is 2. The normalized spacial score (nSPS) is 12.9. The van der Waals surface area contributed by atoms with Crippen molar-refractivity contribution in [2.24, 2.45) is 5.92 Å². The first-order valence-corrected chi connectivity index (χ1v) is 9.75. The second-order valence-electron chi connectivity index (χ2n) is 7.17. The third kappa shape index (κ3) is 4.45. The van der Waals surface area contributed by atoms with Crippen molar-refractivity contribution in [3.63, 3.8) is 0 Å². The summed E-state index contributed by atoms with van der Waals surface area (Å²) in [5.74, 6) is 0.270. The second kappa shape index (κ2) is 8.32. The lowest BCUT2D eigenvalue weighted by molar-refractivity contribution is 0.0734. The van der Waals surface area contributed by atoms with E-state index in [-0.39, 0.29) is 11.8 Å². The van der Waals surface area contributed by atoms with E-state index in [2.05, 4.69) is 19.2 Å². The topological polar surface area (TPSA) is 49.4 Å². The minimum Gasteiger partial charge on any atom is -0.348 e. The fourth-order valence-corrected chi connectivity index (χ4v) is 3.47. The summed E-state index contributed by atoms with van der Waals surface area (Å²) in [6.07, 6.45) is 0.888. The number of hydrogen-bond donors (Lipinski definition) is 1. The molecule has 0 aliphatic carbocycles. The molecule has 0 aromatic heterocycles. The number of carbonyl (C=O) groups is 2. The molecule has 6 heteroatoms. The molecular formula is C21H22Cl2N2O2. The van der Waals surface area contributed by atoms with Crippen LogP contribution in [0, 0.1) is 5.92 Å². The fraction of sp³-hybridized carbons (Fsp3) is 0.333. The maximum absolute atomic E-state index is 13.3. The van der Waals surface area contributed by atoms with Gasteiger partial charge in [-0.3, -0.25) is 9.59 Å². The molecule has 2 aromatic carbocycles. The summed E-state index contributed by atoms with van der Waals surface area (Å²) < 4.78 is 0. The zero-order chi connectivity index (χ0) is 19.6. The van der Waals surface area contributed by atoms with Crippen molar-refractivity contribution in [1.29, 1.82) is 0 Å². The van der Waals surface area contributed by atoms with E-state index in [4.69, 9.17) is 23.2 Å². The number of hydrogen-bond acceptors (Lipinski definition) is 2. The van der Waals surface area contributed by atoms with Gasteiger partial charge < -0.3 is 10.2 Å². The molecule has 1 aliphatic heterocycles. The fourth-order valence-electron chi connectivity index (χ4n) is 3.15. The van der Waals surface area contributed by atoms with Crippen LogP contribution in [-0.4, -0.2) is 23.3 Å². The predicted octanol–water partition coefficient (Wildman–Crippen LogP) is 4.93. The van der Waals surface area contributed by atoms with Gasteiger partial charge in [0.15, 0.2) is 0 Å². The molecule has 1 N–H and O–H groups in total. The SMILES string of the molecule is CC(C)CCN(Cc1ccc(Cl)c(Cl)c1)C(=O)c1cccc2c1CNC2=O. The van der Waals surface area contributed by atoms with Gasteiger partial charge >= 0.3 is 0 Å². The van der Waals surface area contributed by atoms with Crippen LogP contribution in [0.1, 0.15) is 52.1 Å². The van der Waals surface area contributed by atoms with Crippen molar-refractivity contribution in [1.82, 2.24) is 10.2 Å². The average Bonchev–Trinajstić information content (AvgIpc) is 3.02. The first kappa shape index (κ1) is 19.7. The summed E-state index contributed by atoms with van der Waals surface area (Å²) in [5.41, 5.74) is 2.85. The molecule has 3 rings (SSSR count). The lowest BCUT2D eigenvalue weighted by atomic mass is 10.0. The van der Waals surface area contributed by atoms with Crippen molar-refractivity contribution in [2.45, 2.75) is 33.4 Å². The van der Waals surface area contributed by atoms with Gasteiger partial charge in [-0.1, -0.05) is 49.2 Å². The van der Waals surface area contributed by atoms with E-state index >= 15 is 0 Å². The summed E-state index contributed by atoms with van der Waals surface area (Å²) in [6, 6.07) is 10.7. The molecule has 2 amide bonds. The van der Waals surface area contributed by atoms with Gasteiger partial charge in [-0.2, -0.15) is 0 Å². The Labute approximate surface area is 169 Å². The average molecular weight is 405 g/mol.